The van der Waals surface area contributed by atoms with E-state index in [0.717, 1.165) is 31.6 Å². The molecule has 0 amide bonds. The Morgan fingerprint density at radius 3 is 2.00 bits per heavy atom. The predicted octanol–water partition coefficient (Wildman–Crippen LogP) is 2.71. The maximum absolute atomic E-state index is 11.2. The summed E-state index contributed by atoms with van der Waals surface area (Å²) in [5, 5.41) is 0. The van der Waals surface area contributed by atoms with E-state index in [4.69, 9.17) is 0 Å². The molecule has 122 valence electrons. The van der Waals surface area contributed by atoms with Gasteiger partial charge in [0.15, 0.2) is 0 Å². The SMILES string of the molecule is COC(=O)CCCN(CCCC(=O)OC)c1cccc(C)c1. The number of carbonyl (C=O) groups is 2. The average molecular weight is 307 g/mol. The normalized spacial score (nSPS) is 10.1. The van der Waals surface area contributed by atoms with Gasteiger partial charge in [0.2, 0.25) is 0 Å². The smallest absolute Gasteiger partial charge is 0.305 e. The fraction of sp³-hybridized carbons (Fsp3) is 0.529. The van der Waals surface area contributed by atoms with Gasteiger partial charge in [0.05, 0.1) is 14.2 Å². The molecule has 0 aliphatic heterocycles. The van der Waals surface area contributed by atoms with Crippen LogP contribution in [0.15, 0.2) is 24.3 Å². The first-order valence-corrected chi connectivity index (χ1v) is 7.52. The molecule has 1 aromatic carbocycles. The van der Waals surface area contributed by atoms with Gasteiger partial charge in [0.25, 0.3) is 0 Å². The highest BCUT2D eigenvalue weighted by atomic mass is 16.5. The van der Waals surface area contributed by atoms with Crippen molar-refractivity contribution in [3.05, 3.63) is 29.8 Å². The van der Waals surface area contributed by atoms with Gasteiger partial charge in [-0.15, -0.1) is 0 Å². The molecule has 5 heteroatoms. The molecule has 0 aromatic heterocycles. The lowest BCUT2D eigenvalue weighted by atomic mass is 10.1. The molecule has 0 spiro atoms. The number of hydrogen-bond donors (Lipinski definition) is 0. The van der Waals surface area contributed by atoms with E-state index in [1.54, 1.807) is 0 Å². The van der Waals surface area contributed by atoms with Gasteiger partial charge in [-0.2, -0.15) is 0 Å². The fourth-order valence-electron chi connectivity index (χ4n) is 2.23. The molecular formula is C17H25NO4. The van der Waals surface area contributed by atoms with E-state index in [1.165, 1.54) is 19.8 Å². The fourth-order valence-corrected chi connectivity index (χ4v) is 2.23. The van der Waals surface area contributed by atoms with E-state index in [0.29, 0.717) is 12.8 Å². The monoisotopic (exact) mass is 307 g/mol. The first-order chi connectivity index (χ1) is 10.6. The number of anilines is 1. The number of nitrogens with zero attached hydrogens (tertiary/aromatic N) is 1. The van der Waals surface area contributed by atoms with E-state index in [-0.39, 0.29) is 11.9 Å². The zero-order valence-corrected chi connectivity index (χ0v) is 13.6. The number of benzene rings is 1. The van der Waals surface area contributed by atoms with E-state index in [1.807, 2.05) is 25.1 Å². The molecule has 0 saturated carbocycles. The predicted molar refractivity (Wildman–Crippen MR) is 85.9 cm³/mol. The van der Waals surface area contributed by atoms with E-state index >= 15 is 0 Å². The zero-order valence-electron chi connectivity index (χ0n) is 13.6. The molecule has 0 N–H and O–H groups in total. The number of methoxy groups -OCH3 is 2. The van der Waals surface area contributed by atoms with E-state index in [2.05, 4.69) is 20.4 Å². The van der Waals surface area contributed by atoms with Crippen LogP contribution in [0.5, 0.6) is 0 Å². The van der Waals surface area contributed by atoms with Gasteiger partial charge < -0.3 is 14.4 Å². The van der Waals surface area contributed by atoms with Crippen molar-refractivity contribution in [3.63, 3.8) is 0 Å². The van der Waals surface area contributed by atoms with Crippen molar-refractivity contribution in [2.45, 2.75) is 32.6 Å². The van der Waals surface area contributed by atoms with Crippen LogP contribution in [-0.2, 0) is 19.1 Å². The van der Waals surface area contributed by atoms with Crippen LogP contribution >= 0.6 is 0 Å². The summed E-state index contributed by atoms with van der Waals surface area (Å²) < 4.78 is 9.33. The van der Waals surface area contributed by atoms with Gasteiger partial charge in [-0.1, -0.05) is 12.1 Å². The second-order valence-corrected chi connectivity index (χ2v) is 5.19. The van der Waals surface area contributed by atoms with Gasteiger partial charge in [-0.25, -0.2) is 0 Å². The Labute approximate surface area is 132 Å². The van der Waals surface area contributed by atoms with Gasteiger partial charge in [0, 0.05) is 31.6 Å². The van der Waals surface area contributed by atoms with E-state index < -0.39 is 0 Å². The number of ether oxygens (including phenoxy) is 2. The number of rotatable bonds is 9. The number of esters is 2. The number of hydrogen-bond acceptors (Lipinski definition) is 5. The molecule has 0 saturated heterocycles. The summed E-state index contributed by atoms with van der Waals surface area (Å²) in [4.78, 5) is 24.6. The molecule has 0 atom stereocenters. The van der Waals surface area contributed by atoms with Crippen molar-refractivity contribution in [3.8, 4) is 0 Å². The highest BCUT2D eigenvalue weighted by molar-refractivity contribution is 5.69. The molecular weight excluding hydrogens is 282 g/mol. The largest absolute Gasteiger partial charge is 0.469 e. The lowest BCUT2D eigenvalue weighted by Crippen LogP contribution is -2.27. The van der Waals surface area contributed by atoms with Gasteiger partial charge >= 0.3 is 11.9 Å². The quantitative estimate of drug-likeness (QED) is 0.657. The van der Waals surface area contributed by atoms with Crippen LogP contribution in [0.4, 0.5) is 5.69 Å². The molecule has 0 unspecified atom stereocenters. The third-order valence-corrected chi connectivity index (χ3v) is 3.44. The molecule has 0 heterocycles. The Bertz CT molecular complexity index is 465. The summed E-state index contributed by atoms with van der Waals surface area (Å²) in [5.74, 6) is -0.391. The molecule has 22 heavy (non-hydrogen) atoms. The van der Waals surface area contributed by atoms with Crippen LogP contribution in [0.3, 0.4) is 0 Å². The topological polar surface area (TPSA) is 55.8 Å². The Hall–Kier alpha value is -2.04. The number of aryl methyl sites for hydroxylation is 1. The summed E-state index contributed by atoms with van der Waals surface area (Å²) in [5.41, 5.74) is 2.29. The molecule has 0 bridgehead atoms. The minimum absolute atomic E-state index is 0.196. The summed E-state index contributed by atoms with van der Waals surface area (Å²) in [7, 11) is 2.80. The van der Waals surface area contributed by atoms with Crippen LogP contribution in [0.1, 0.15) is 31.2 Å². The van der Waals surface area contributed by atoms with Crippen LogP contribution in [-0.4, -0.2) is 39.2 Å². The first-order valence-electron chi connectivity index (χ1n) is 7.52. The molecule has 1 rings (SSSR count). The maximum atomic E-state index is 11.2. The Morgan fingerprint density at radius 2 is 1.55 bits per heavy atom. The third-order valence-electron chi connectivity index (χ3n) is 3.44. The van der Waals surface area contributed by atoms with Crippen LogP contribution in [0.2, 0.25) is 0 Å². The Balaban J connectivity index is 2.60. The first kappa shape index (κ1) is 18.0. The molecule has 0 aliphatic rings. The second kappa shape index (κ2) is 9.82. The lowest BCUT2D eigenvalue weighted by Gasteiger charge is -2.25. The van der Waals surface area contributed by atoms with Crippen LogP contribution in [0.25, 0.3) is 0 Å². The van der Waals surface area contributed by atoms with Crippen molar-refractivity contribution in [2.75, 3.05) is 32.2 Å². The lowest BCUT2D eigenvalue weighted by molar-refractivity contribution is -0.141. The summed E-state index contributed by atoms with van der Waals surface area (Å²) >= 11 is 0. The van der Waals surface area contributed by atoms with E-state index in [9.17, 15) is 9.59 Å². The minimum Gasteiger partial charge on any atom is -0.469 e. The number of carbonyl (C=O) groups excluding carboxylic acids is 2. The molecule has 0 aliphatic carbocycles. The average Bonchev–Trinajstić information content (AvgIpc) is 2.52. The molecule has 0 radical (unpaired) electrons. The maximum Gasteiger partial charge on any atom is 0.305 e. The zero-order chi connectivity index (χ0) is 16.4. The second-order valence-electron chi connectivity index (χ2n) is 5.19. The highest BCUT2D eigenvalue weighted by Gasteiger charge is 2.10. The minimum atomic E-state index is -0.196. The summed E-state index contributed by atoms with van der Waals surface area (Å²) in [6.45, 7) is 3.55. The Kier molecular flexibility index (Phi) is 8.04. The van der Waals surface area contributed by atoms with Gasteiger partial charge in [-0.3, -0.25) is 9.59 Å². The standard InChI is InChI=1S/C17H25NO4/c1-14-7-4-8-15(13-14)18(11-5-9-16(19)21-2)12-6-10-17(20)22-3/h4,7-8,13H,5-6,9-12H2,1-3H3. The molecule has 0 fully saturated rings. The van der Waals surface area contributed by atoms with Gasteiger partial charge in [0.1, 0.15) is 0 Å². The molecule has 1 aromatic rings. The van der Waals surface area contributed by atoms with Crippen molar-refractivity contribution < 1.29 is 19.1 Å². The van der Waals surface area contributed by atoms with Crippen molar-refractivity contribution in [1.29, 1.82) is 0 Å². The van der Waals surface area contributed by atoms with Crippen LogP contribution < -0.4 is 4.90 Å². The van der Waals surface area contributed by atoms with Crippen LogP contribution in [0, 0.1) is 6.92 Å². The third kappa shape index (κ3) is 6.61. The van der Waals surface area contributed by atoms with Crippen molar-refractivity contribution in [2.24, 2.45) is 0 Å². The van der Waals surface area contributed by atoms with Gasteiger partial charge in [-0.05, 0) is 37.5 Å². The highest BCUT2D eigenvalue weighted by Crippen LogP contribution is 2.17. The Morgan fingerprint density at radius 1 is 1.00 bits per heavy atom. The summed E-state index contributed by atoms with van der Waals surface area (Å²) in [6, 6.07) is 8.21. The molecule has 5 nitrogen and oxygen atoms in total. The van der Waals surface area contributed by atoms with Crippen molar-refractivity contribution in [1.82, 2.24) is 0 Å². The van der Waals surface area contributed by atoms with Crippen molar-refractivity contribution >= 4 is 17.6 Å². The summed E-state index contributed by atoms with van der Waals surface area (Å²) in [6.07, 6.45) is 2.24.